The molecule has 1 saturated heterocycles. The Labute approximate surface area is 181 Å². The highest BCUT2D eigenvalue weighted by atomic mass is 19.4. The highest BCUT2D eigenvalue weighted by Gasteiger charge is 2.31. The van der Waals surface area contributed by atoms with Gasteiger partial charge in [0, 0.05) is 43.9 Å². The van der Waals surface area contributed by atoms with Crippen LogP contribution in [-0.2, 0) is 24.1 Å². The highest BCUT2D eigenvalue weighted by molar-refractivity contribution is 5.76. The van der Waals surface area contributed by atoms with Crippen molar-refractivity contribution in [3.8, 4) is 11.4 Å². The number of halogens is 4. The molecule has 4 rings (SSSR count). The lowest BCUT2D eigenvalue weighted by atomic mass is 10.1. The lowest BCUT2D eigenvalue weighted by Crippen LogP contribution is -2.49. The summed E-state index contributed by atoms with van der Waals surface area (Å²) < 4.78 is 52.5. The Kier molecular flexibility index (Phi) is 6.17. The van der Waals surface area contributed by atoms with Crippen LogP contribution < -0.4 is 0 Å². The van der Waals surface area contributed by atoms with Crippen LogP contribution in [0.15, 0.2) is 48.5 Å². The number of hydrogen-bond acceptors (Lipinski definition) is 5. The number of piperazine rings is 1. The number of rotatable bonds is 5. The Hall–Kier alpha value is -3.34. The molecule has 0 spiro atoms. The van der Waals surface area contributed by atoms with Gasteiger partial charge in [0.05, 0.1) is 5.56 Å². The molecule has 1 amide bonds. The van der Waals surface area contributed by atoms with Crippen LogP contribution in [0.1, 0.15) is 11.1 Å². The van der Waals surface area contributed by atoms with Crippen molar-refractivity contribution in [3.05, 3.63) is 65.5 Å². The molecule has 32 heavy (non-hydrogen) atoms. The molecule has 0 aliphatic carbocycles. The van der Waals surface area contributed by atoms with Gasteiger partial charge in [0.15, 0.2) is 0 Å². The van der Waals surface area contributed by atoms with Crippen LogP contribution >= 0.6 is 0 Å². The van der Waals surface area contributed by atoms with E-state index in [1.165, 1.54) is 18.2 Å². The van der Waals surface area contributed by atoms with Gasteiger partial charge < -0.3 is 4.90 Å². The summed E-state index contributed by atoms with van der Waals surface area (Å²) in [5.41, 5.74) is -0.0304. The minimum absolute atomic E-state index is 0.0126. The molecule has 168 valence electrons. The molecule has 0 N–H and O–H groups in total. The zero-order valence-corrected chi connectivity index (χ0v) is 17.0. The number of carbonyl (C=O) groups excluding carboxylic acids is 1. The fourth-order valence-electron chi connectivity index (χ4n) is 3.50. The Morgan fingerprint density at radius 1 is 1.00 bits per heavy atom. The van der Waals surface area contributed by atoms with Crippen molar-refractivity contribution in [2.45, 2.75) is 19.3 Å². The molecule has 0 radical (unpaired) electrons. The van der Waals surface area contributed by atoms with E-state index in [4.69, 9.17) is 0 Å². The lowest BCUT2D eigenvalue weighted by molar-refractivity contribution is -0.137. The zero-order valence-electron chi connectivity index (χ0n) is 17.0. The molecule has 0 unspecified atom stereocenters. The average Bonchev–Trinajstić information content (AvgIpc) is 3.24. The molecule has 7 nitrogen and oxygen atoms in total. The monoisotopic (exact) mass is 448 g/mol. The standard InChI is InChI=1S/C21H20F4N6O/c22-18-7-2-1-4-16(18)13-29-8-10-30(11-9-29)19(32)14-31-27-20(26-28-31)15-5-3-6-17(12-15)21(23,24)25/h1-7,12H,8-11,13-14H2. The molecule has 1 fully saturated rings. The quantitative estimate of drug-likeness (QED) is 0.562. The van der Waals surface area contributed by atoms with Crippen molar-refractivity contribution in [2.24, 2.45) is 0 Å². The maximum atomic E-state index is 13.8. The third kappa shape index (κ3) is 5.10. The fourth-order valence-corrected chi connectivity index (χ4v) is 3.50. The van der Waals surface area contributed by atoms with Gasteiger partial charge in [-0.05, 0) is 23.4 Å². The van der Waals surface area contributed by atoms with Crippen LogP contribution in [0.25, 0.3) is 11.4 Å². The van der Waals surface area contributed by atoms with Gasteiger partial charge in [-0.1, -0.05) is 30.3 Å². The summed E-state index contributed by atoms with van der Waals surface area (Å²) in [5.74, 6) is -0.457. The van der Waals surface area contributed by atoms with Gasteiger partial charge in [0.1, 0.15) is 12.4 Å². The second-order valence-corrected chi connectivity index (χ2v) is 7.47. The fraction of sp³-hybridized carbons (Fsp3) is 0.333. The molecule has 1 aromatic heterocycles. The summed E-state index contributed by atoms with van der Waals surface area (Å²) in [5, 5.41) is 11.6. The topological polar surface area (TPSA) is 67.2 Å². The Balaban J connectivity index is 1.33. The Morgan fingerprint density at radius 2 is 1.75 bits per heavy atom. The first-order valence-electron chi connectivity index (χ1n) is 9.98. The summed E-state index contributed by atoms with van der Waals surface area (Å²) in [6, 6.07) is 11.2. The summed E-state index contributed by atoms with van der Waals surface area (Å²) >= 11 is 0. The predicted molar refractivity (Wildman–Crippen MR) is 107 cm³/mol. The van der Waals surface area contributed by atoms with Gasteiger partial charge >= 0.3 is 6.18 Å². The second-order valence-electron chi connectivity index (χ2n) is 7.47. The SMILES string of the molecule is O=C(Cn1nnc(-c2cccc(C(F)(F)F)c2)n1)N1CCN(Cc2ccccc2F)CC1. The highest BCUT2D eigenvalue weighted by Crippen LogP contribution is 2.31. The van der Waals surface area contributed by atoms with Crippen molar-refractivity contribution in [2.75, 3.05) is 26.2 Å². The molecule has 1 aliphatic rings. The molecular formula is C21H20F4N6O. The van der Waals surface area contributed by atoms with Gasteiger partial charge in [-0.15, -0.1) is 10.2 Å². The lowest BCUT2D eigenvalue weighted by Gasteiger charge is -2.34. The molecule has 1 aliphatic heterocycles. The first-order chi connectivity index (χ1) is 15.3. The smallest absolute Gasteiger partial charge is 0.338 e. The van der Waals surface area contributed by atoms with Gasteiger partial charge in [-0.25, -0.2) is 4.39 Å². The van der Waals surface area contributed by atoms with Crippen molar-refractivity contribution in [1.29, 1.82) is 0 Å². The van der Waals surface area contributed by atoms with Gasteiger partial charge in [-0.3, -0.25) is 9.69 Å². The summed E-state index contributed by atoms with van der Waals surface area (Å²) in [6.07, 6.45) is -4.48. The normalized spacial score (nSPS) is 15.2. The maximum absolute atomic E-state index is 13.8. The van der Waals surface area contributed by atoms with E-state index in [1.54, 1.807) is 23.1 Å². The van der Waals surface area contributed by atoms with Gasteiger partial charge in [-0.2, -0.15) is 18.0 Å². The van der Waals surface area contributed by atoms with Crippen LogP contribution in [0.2, 0.25) is 0 Å². The molecule has 11 heteroatoms. The molecule has 2 aromatic carbocycles. The number of alkyl halides is 3. The van der Waals surface area contributed by atoms with Crippen molar-refractivity contribution < 1.29 is 22.4 Å². The molecular weight excluding hydrogens is 428 g/mol. The number of hydrogen-bond donors (Lipinski definition) is 0. The molecule has 0 atom stereocenters. The van der Waals surface area contributed by atoms with Crippen molar-refractivity contribution in [1.82, 2.24) is 30.0 Å². The first kappa shape index (κ1) is 21.9. The number of aromatic nitrogens is 4. The molecule has 0 saturated carbocycles. The predicted octanol–water partition coefficient (Wildman–Crippen LogP) is 2.84. The van der Waals surface area contributed by atoms with Crippen LogP contribution in [-0.4, -0.2) is 62.1 Å². The van der Waals surface area contributed by atoms with Crippen molar-refractivity contribution in [3.63, 3.8) is 0 Å². The third-order valence-electron chi connectivity index (χ3n) is 5.25. The van der Waals surface area contributed by atoms with E-state index in [0.29, 0.717) is 38.3 Å². The maximum Gasteiger partial charge on any atom is 0.416 e. The van der Waals surface area contributed by atoms with Crippen LogP contribution in [0.3, 0.4) is 0 Å². The summed E-state index contributed by atoms with van der Waals surface area (Å²) in [4.78, 5) is 17.4. The number of nitrogens with zero attached hydrogens (tertiary/aromatic N) is 6. The minimum Gasteiger partial charge on any atom is -0.338 e. The zero-order chi connectivity index (χ0) is 22.7. The molecule has 0 bridgehead atoms. The van der Waals surface area contributed by atoms with Gasteiger partial charge in [0.25, 0.3) is 0 Å². The van der Waals surface area contributed by atoms with Crippen molar-refractivity contribution >= 4 is 5.91 Å². The van der Waals surface area contributed by atoms with E-state index in [-0.39, 0.29) is 29.7 Å². The third-order valence-corrected chi connectivity index (χ3v) is 5.25. The van der Waals surface area contributed by atoms with Gasteiger partial charge in [0.2, 0.25) is 11.7 Å². The van der Waals surface area contributed by atoms with E-state index in [0.717, 1.165) is 16.9 Å². The Morgan fingerprint density at radius 3 is 2.47 bits per heavy atom. The number of amides is 1. The second kappa shape index (κ2) is 9.03. The first-order valence-corrected chi connectivity index (χ1v) is 9.98. The number of carbonyl (C=O) groups is 1. The van der Waals surface area contributed by atoms with E-state index >= 15 is 0 Å². The Bertz CT molecular complexity index is 1090. The van der Waals surface area contributed by atoms with E-state index in [1.807, 2.05) is 0 Å². The summed E-state index contributed by atoms with van der Waals surface area (Å²) in [7, 11) is 0. The van der Waals surface area contributed by atoms with E-state index < -0.39 is 11.7 Å². The number of benzene rings is 2. The number of tetrazole rings is 1. The summed E-state index contributed by atoms with van der Waals surface area (Å²) in [6.45, 7) is 2.45. The average molecular weight is 448 g/mol. The van der Waals surface area contributed by atoms with E-state index in [2.05, 4.69) is 20.3 Å². The van der Waals surface area contributed by atoms with Crippen LogP contribution in [0.4, 0.5) is 17.6 Å². The molecule has 2 heterocycles. The molecule has 3 aromatic rings. The van der Waals surface area contributed by atoms with E-state index in [9.17, 15) is 22.4 Å². The largest absolute Gasteiger partial charge is 0.416 e. The minimum atomic E-state index is -4.48. The van der Waals surface area contributed by atoms with Crippen LogP contribution in [0, 0.1) is 5.82 Å². The van der Waals surface area contributed by atoms with Crippen LogP contribution in [0.5, 0.6) is 0 Å².